The second kappa shape index (κ2) is 3.43. The fourth-order valence-corrected chi connectivity index (χ4v) is 1.50. The van der Waals surface area contributed by atoms with Crippen molar-refractivity contribution in [2.45, 2.75) is 6.61 Å². The van der Waals surface area contributed by atoms with E-state index in [1.54, 1.807) is 23.6 Å². The Balaban J connectivity index is 2.70. The maximum absolute atomic E-state index is 5.98. The minimum Gasteiger partial charge on any atom is -0.396 e. The lowest BCUT2D eigenvalue weighted by Crippen LogP contribution is -1.99. The summed E-state index contributed by atoms with van der Waals surface area (Å²) in [4.78, 5) is 0. The number of hydrogen-bond donors (Lipinski definition) is 1. The van der Waals surface area contributed by atoms with Crippen molar-refractivity contribution in [3.05, 3.63) is 23.1 Å². The molecule has 2 rings (SSSR count). The standard InChI is InChI=1S/C8H9ClN4O/c1-14-4-7-11-12-8-5(10)2-3-6(9)13(7)8/h2-3H,4,10H2,1H3. The predicted molar refractivity (Wildman–Crippen MR) is 53.1 cm³/mol. The average molecular weight is 213 g/mol. The minimum absolute atomic E-state index is 0.352. The van der Waals surface area contributed by atoms with E-state index < -0.39 is 0 Å². The van der Waals surface area contributed by atoms with Gasteiger partial charge in [-0.25, -0.2) is 0 Å². The van der Waals surface area contributed by atoms with Crippen molar-refractivity contribution in [3.63, 3.8) is 0 Å². The van der Waals surface area contributed by atoms with E-state index in [2.05, 4.69) is 10.2 Å². The van der Waals surface area contributed by atoms with Crippen molar-refractivity contribution in [2.24, 2.45) is 0 Å². The fraction of sp³-hybridized carbons (Fsp3) is 0.250. The van der Waals surface area contributed by atoms with E-state index in [0.717, 1.165) is 0 Å². The molecule has 5 nitrogen and oxygen atoms in total. The van der Waals surface area contributed by atoms with Crippen LogP contribution in [0.2, 0.25) is 5.15 Å². The highest BCUT2D eigenvalue weighted by Gasteiger charge is 2.10. The third kappa shape index (κ3) is 1.30. The van der Waals surface area contributed by atoms with E-state index in [0.29, 0.717) is 28.9 Å². The molecule has 0 aliphatic carbocycles. The van der Waals surface area contributed by atoms with Gasteiger partial charge in [-0.3, -0.25) is 4.40 Å². The third-order valence-corrected chi connectivity index (χ3v) is 2.17. The summed E-state index contributed by atoms with van der Waals surface area (Å²) in [5.41, 5.74) is 6.82. The number of aromatic nitrogens is 3. The summed E-state index contributed by atoms with van der Waals surface area (Å²) in [5, 5.41) is 8.37. The molecule has 14 heavy (non-hydrogen) atoms. The number of nitrogens with two attached hydrogens (primary N) is 1. The summed E-state index contributed by atoms with van der Waals surface area (Å²) in [5.74, 6) is 0.639. The van der Waals surface area contributed by atoms with E-state index in [-0.39, 0.29) is 0 Å². The molecule has 0 spiro atoms. The number of rotatable bonds is 2. The topological polar surface area (TPSA) is 65.4 Å². The Bertz CT molecular complexity index is 468. The van der Waals surface area contributed by atoms with Gasteiger partial charge in [0.2, 0.25) is 0 Å². The Labute approximate surface area is 85.4 Å². The van der Waals surface area contributed by atoms with Gasteiger partial charge in [-0.05, 0) is 12.1 Å². The molecule has 0 unspecified atom stereocenters. The highest BCUT2D eigenvalue weighted by atomic mass is 35.5. The van der Waals surface area contributed by atoms with Crippen molar-refractivity contribution in [1.29, 1.82) is 0 Å². The van der Waals surface area contributed by atoms with Crippen LogP contribution in [-0.2, 0) is 11.3 Å². The van der Waals surface area contributed by atoms with Gasteiger partial charge in [0.05, 0.1) is 5.69 Å². The molecule has 6 heteroatoms. The third-order valence-electron chi connectivity index (χ3n) is 1.88. The molecule has 2 aromatic rings. The molecule has 0 bridgehead atoms. The van der Waals surface area contributed by atoms with E-state index in [9.17, 15) is 0 Å². The quantitative estimate of drug-likeness (QED) is 0.758. The van der Waals surface area contributed by atoms with Gasteiger partial charge < -0.3 is 10.5 Å². The summed E-state index contributed by atoms with van der Waals surface area (Å²) in [6.07, 6.45) is 0. The van der Waals surface area contributed by atoms with Crippen LogP contribution in [0.1, 0.15) is 5.82 Å². The van der Waals surface area contributed by atoms with Gasteiger partial charge in [0.25, 0.3) is 0 Å². The molecule has 74 valence electrons. The number of nitrogens with zero attached hydrogens (tertiary/aromatic N) is 3. The summed E-state index contributed by atoms with van der Waals surface area (Å²) < 4.78 is 6.63. The summed E-state index contributed by atoms with van der Waals surface area (Å²) in [6, 6.07) is 3.40. The number of pyridine rings is 1. The highest BCUT2D eigenvalue weighted by molar-refractivity contribution is 6.29. The van der Waals surface area contributed by atoms with Crippen molar-refractivity contribution >= 4 is 22.9 Å². The average Bonchev–Trinajstić information content (AvgIpc) is 2.58. The fourth-order valence-electron chi connectivity index (χ4n) is 1.26. The smallest absolute Gasteiger partial charge is 0.185 e. The van der Waals surface area contributed by atoms with Gasteiger partial charge in [-0.2, -0.15) is 0 Å². The maximum Gasteiger partial charge on any atom is 0.185 e. The van der Waals surface area contributed by atoms with Gasteiger partial charge >= 0.3 is 0 Å². The Morgan fingerprint density at radius 3 is 3.00 bits per heavy atom. The molecule has 0 amide bonds. The zero-order valence-corrected chi connectivity index (χ0v) is 8.32. The van der Waals surface area contributed by atoms with Crippen LogP contribution in [0.4, 0.5) is 5.69 Å². The number of ether oxygens (including phenoxy) is 1. The highest BCUT2D eigenvalue weighted by Crippen LogP contribution is 2.19. The van der Waals surface area contributed by atoms with E-state index in [4.69, 9.17) is 22.1 Å². The van der Waals surface area contributed by atoms with Crippen LogP contribution in [0.3, 0.4) is 0 Å². The predicted octanol–water partition coefficient (Wildman–Crippen LogP) is 1.11. The van der Waals surface area contributed by atoms with E-state index >= 15 is 0 Å². The number of hydrogen-bond acceptors (Lipinski definition) is 4. The Morgan fingerprint density at radius 2 is 2.29 bits per heavy atom. The van der Waals surface area contributed by atoms with Crippen molar-refractivity contribution in [2.75, 3.05) is 12.8 Å². The van der Waals surface area contributed by atoms with Gasteiger partial charge in [-0.1, -0.05) is 11.6 Å². The second-order valence-electron chi connectivity index (χ2n) is 2.82. The van der Waals surface area contributed by atoms with Crippen LogP contribution < -0.4 is 5.73 Å². The number of methoxy groups -OCH3 is 1. The molecule has 2 aromatic heterocycles. The summed E-state index contributed by atoms with van der Waals surface area (Å²) in [6.45, 7) is 0.352. The van der Waals surface area contributed by atoms with Crippen molar-refractivity contribution < 1.29 is 4.74 Å². The lowest BCUT2D eigenvalue weighted by molar-refractivity contribution is 0.177. The first-order valence-electron chi connectivity index (χ1n) is 4.01. The number of fused-ring (bicyclic) bond motifs is 1. The molecule has 0 radical (unpaired) electrons. The summed E-state index contributed by atoms with van der Waals surface area (Å²) >= 11 is 5.98. The van der Waals surface area contributed by atoms with Crippen LogP contribution in [0.25, 0.3) is 5.65 Å². The van der Waals surface area contributed by atoms with Crippen LogP contribution in [0.5, 0.6) is 0 Å². The number of halogens is 1. The molecular weight excluding hydrogens is 204 g/mol. The monoisotopic (exact) mass is 212 g/mol. The molecular formula is C8H9ClN4O. The van der Waals surface area contributed by atoms with Crippen LogP contribution >= 0.6 is 11.6 Å². The Kier molecular flexibility index (Phi) is 2.26. The van der Waals surface area contributed by atoms with E-state index in [1.807, 2.05) is 0 Å². The van der Waals surface area contributed by atoms with E-state index in [1.165, 1.54) is 0 Å². The number of anilines is 1. The first-order valence-corrected chi connectivity index (χ1v) is 4.38. The lowest BCUT2D eigenvalue weighted by atomic mass is 10.4. The zero-order valence-electron chi connectivity index (χ0n) is 7.57. The molecule has 0 fully saturated rings. The van der Waals surface area contributed by atoms with Crippen LogP contribution in [0, 0.1) is 0 Å². The largest absolute Gasteiger partial charge is 0.396 e. The maximum atomic E-state index is 5.98. The molecule has 2 N–H and O–H groups in total. The molecule has 0 saturated heterocycles. The molecule has 0 aromatic carbocycles. The first kappa shape index (κ1) is 9.23. The van der Waals surface area contributed by atoms with Crippen LogP contribution in [0.15, 0.2) is 12.1 Å². The molecule has 0 aliphatic rings. The first-order chi connectivity index (χ1) is 6.74. The molecule has 0 saturated carbocycles. The Hall–Kier alpha value is -1.33. The SMILES string of the molecule is COCc1nnc2c(N)ccc(Cl)n12. The zero-order chi connectivity index (χ0) is 10.1. The van der Waals surface area contributed by atoms with Crippen molar-refractivity contribution in [3.8, 4) is 0 Å². The molecule has 0 atom stereocenters. The second-order valence-corrected chi connectivity index (χ2v) is 3.21. The molecule has 0 aliphatic heterocycles. The van der Waals surface area contributed by atoms with Gasteiger partial charge in [0.1, 0.15) is 11.8 Å². The lowest BCUT2D eigenvalue weighted by Gasteiger charge is -2.02. The van der Waals surface area contributed by atoms with Crippen LogP contribution in [-0.4, -0.2) is 21.7 Å². The van der Waals surface area contributed by atoms with Crippen molar-refractivity contribution in [1.82, 2.24) is 14.6 Å². The molecule has 2 heterocycles. The van der Waals surface area contributed by atoms with Gasteiger partial charge in [0.15, 0.2) is 11.5 Å². The normalized spacial score (nSPS) is 11.0. The van der Waals surface area contributed by atoms with Gasteiger partial charge in [0, 0.05) is 7.11 Å². The Morgan fingerprint density at radius 1 is 1.50 bits per heavy atom. The minimum atomic E-state index is 0.352. The summed E-state index contributed by atoms with van der Waals surface area (Å²) in [7, 11) is 1.58. The van der Waals surface area contributed by atoms with Gasteiger partial charge in [-0.15, -0.1) is 10.2 Å². The number of nitrogen functional groups attached to an aromatic ring is 1.